The predicted molar refractivity (Wildman–Crippen MR) is 85.7 cm³/mol. The third kappa shape index (κ3) is 4.56. The van der Waals surface area contributed by atoms with Gasteiger partial charge in [0.2, 0.25) is 5.91 Å². The molecule has 2 aromatic rings. The molecular weight excluding hydrogens is 284 g/mol. The van der Waals surface area contributed by atoms with Crippen molar-refractivity contribution in [1.82, 2.24) is 10.3 Å². The Bertz CT molecular complexity index is 578. The van der Waals surface area contributed by atoms with Gasteiger partial charge in [0.1, 0.15) is 10.8 Å². The fourth-order valence-electron chi connectivity index (χ4n) is 1.88. The summed E-state index contributed by atoms with van der Waals surface area (Å²) in [6.07, 6.45) is 2.14. The molecule has 5 heteroatoms. The van der Waals surface area contributed by atoms with Gasteiger partial charge in [-0.3, -0.25) is 4.79 Å². The highest BCUT2D eigenvalue weighted by Crippen LogP contribution is 2.26. The summed E-state index contributed by atoms with van der Waals surface area (Å²) in [5.41, 5.74) is 2.04. The van der Waals surface area contributed by atoms with E-state index in [1.165, 1.54) is 0 Å². The highest BCUT2D eigenvalue weighted by molar-refractivity contribution is 7.13. The van der Waals surface area contributed by atoms with Gasteiger partial charge in [-0.25, -0.2) is 4.98 Å². The number of hydrogen-bond acceptors (Lipinski definition) is 4. The molecular formula is C16H20N2O2S. The Morgan fingerprint density at radius 2 is 2.10 bits per heavy atom. The summed E-state index contributed by atoms with van der Waals surface area (Å²) in [5, 5.41) is 5.87. The lowest BCUT2D eigenvalue weighted by molar-refractivity contribution is -0.121. The van der Waals surface area contributed by atoms with Gasteiger partial charge in [-0.2, -0.15) is 0 Å². The van der Waals surface area contributed by atoms with Crippen molar-refractivity contribution in [2.24, 2.45) is 0 Å². The first-order valence-electron chi connectivity index (χ1n) is 7.08. The number of aromatic nitrogens is 1. The van der Waals surface area contributed by atoms with Gasteiger partial charge in [0.25, 0.3) is 0 Å². The van der Waals surface area contributed by atoms with Gasteiger partial charge in [0.05, 0.1) is 12.8 Å². The van der Waals surface area contributed by atoms with Gasteiger partial charge >= 0.3 is 0 Å². The minimum absolute atomic E-state index is 0.0934. The number of nitrogens with zero attached hydrogens (tertiary/aromatic N) is 1. The van der Waals surface area contributed by atoms with Crippen LogP contribution in [0, 0.1) is 0 Å². The Kier molecular flexibility index (Phi) is 5.75. The number of methoxy groups -OCH3 is 1. The predicted octanol–water partition coefficient (Wildman–Crippen LogP) is 3.28. The molecule has 1 aromatic heterocycles. The molecule has 1 amide bonds. The second-order valence-electron chi connectivity index (χ2n) is 4.72. The van der Waals surface area contributed by atoms with Crippen molar-refractivity contribution in [2.45, 2.75) is 26.2 Å². The van der Waals surface area contributed by atoms with Crippen LogP contribution in [-0.2, 0) is 11.2 Å². The van der Waals surface area contributed by atoms with Crippen molar-refractivity contribution >= 4 is 17.2 Å². The average Bonchev–Trinajstić information content (AvgIpc) is 3.00. The van der Waals surface area contributed by atoms with Crippen LogP contribution in [-0.4, -0.2) is 24.5 Å². The number of benzene rings is 1. The third-order valence-corrected chi connectivity index (χ3v) is 4.01. The number of carbonyl (C=O) groups excluding carboxylic acids is 1. The highest BCUT2D eigenvalue weighted by atomic mass is 32.1. The van der Waals surface area contributed by atoms with Crippen LogP contribution in [0.1, 0.15) is 25.5 Å². The monoisotopic (exact) mass is 304 g/mol. The first-order chi connectivity index (χ1) is 10.2. The molecule has 0 atom stereocenters. The Morgan fingerprint density at radius 1 is 1.33 bits per heavy atom. The van der Waals surface area contributed by atoms with Crippen LogP contribution >= 0.6 is 11.3 Å². The summed E-state index contributed by atoms with van der Waals surface area (Å²) in [4.78, 5) is 16.2. The Balaban J connectivity index is 1.92. The normalized spacial score (nSPS) is 10.4. The molecule has 0 saturated carbocycles. The summed E-state index contributed by atoms with van der Waals surface area (Å²) in [7, 11) is 1.65. The van der Waals surface area contributed by atoms with E-state index in [4.69, 9.17) is 4.74 Å². The van der Waals surface area contributed by atoms with Crippen LogP contribution in [0.3, 0.4) is 0 Å². The maximum absolute atomic E-state index is 11.6. The van der Waals surface area contributed by atoms with Crippen LogP contribution in [0.25, 0.3) is 10.6 Å². The lowest BCUT2D eigenvalue weighted by atomic mass is 10.2. The Morgan fingerprint density at radius 3 is 2.76 bits per heavy atom. The molecule has 1 aromatic carbocycles. The molecule has 0 radical (unpaired) electrons. The molecule has 0 aliphatic rings. The minimum Gasteiger partial charge on any atom is -0.497 e. The van der Waals surface area contributed by atoms with Crippen molar-refractivity contribution in [3.05, 3.63) is 35.3 Å². The summed E-state index contributed by atoms with van der Waals surface area (Å²) in [5.74, 6) is 0.930. The lowest BCUT2D eigenvalue weighted by Gasteiger charge is -2.02. The number of thiazole rings is 1. The van der Waals surface area contributed by atoms with E-state index < -0.39 is 0 Å². The standard InChI is InChI=1S/C16H20N2O2S/c1-3-10-17-15(19)9-6-13-11-21-16(18-13)12-4-7-14(20-2)8-5-12/h4-5,7-8,11H,3,6,9-10H2,1-2H3,(H,17,19). The molecule has 0 fully saturated rings. The molecule has 0 bridgehead atoms. The van der Waals surface area contributed by atoms with E-state index in [1.807, 2.05) is 36.6 Å². The maximum Gasteiger partial charge on any atom is 0.220 e. The molecule has 0 aliphatic heterocycles. The maximum atomic E-state index is 11.6. The summed E-state index contributed by atoms with van der Waals surface area (Å²) >= 11 is 1.60. The van der Waals surface area contributed by atoms with Gasteiger partial charge in [0, 0.05) is 23.9 Å². The second kappa shape index (κ2) is 7.78. The van der Waals surface area contributed by atoms with E-state index in [2.05, 4.69) is 10.3 Å². The molecule has 0 unspecified atom stereocenters. The van der Waals surface area contributed by atoms with Crippen molar-refractivity contribution in [3.63, 3.8) is 0 Å². The SMILES string of the molecule is CCCNC(=O)CCc1csc(-c2ccc(OC)cc2)n1. The molecule has 4 nitrogen and oxygen atoms in total. The van der Waals surface area contributed by atoms with Crippen LogP contribution in [0.2, 0.25) is 0 Å². The molecule has 0 saturated heterocycles. The average molecular weight is 304 g/mol. The molecule has 0 spiro atoms. The zero-order valence-corrected chi connectivity index (χ0v) is 13.2. The van der Waals surface area contributed by atoms with Crippen LogP contribution in [0.5, 0.6) is 5.75 Å². The van der Waals surface area contributed by atoms with E-state index in [-0.39, 0.29) is 5.91 Å². The number of hydrogen-bond donors (Lipinski definition) is 1. The van der Waals surface area contributed by atoms with Crippen molar-refractivity contribution in [3.8, 4) is 16.3 Å². The van der Waals surface area contributed by atoms with Gasteiger partial charge in [-0.05, 0) is 37.1 Å². The number of carbonyl (C=O) groups is 1. The van der Waals surface area contributed by atoms with Gasteiger partial charge in [-0.15, -0.1) is 11.3 Å². The van der Waals surface area contributed by atoms with E-state index in [9.17, 15) is 4.79 Å². The van der Waals surface area contributed by atoms with E-state index in [1.54, 1.807) is 18.4 Å². The summed E-state index contributed by atoms with van der Waals surface area (Å²) in [6, 6.07) is 7.84. The zero-order chi connectivity index (χ0) is 15.1. The van der Waals surface area contributed by atoms with E-state index in [0.717, 1.165) is 35.0 Å². The number of amides is 1. The number of rotatable bonds is 7. The molecule has 0 aliphatic carbocycles. The molecule has 21 heavy (non-hydrogen) atoms. The van der Waals surface area contributed by atoms with Gasteiger partial charge < -0.3 is 10.1 Å². The fraction of sp³-hybridized carbons (Fsp3) is 0.375. The quantitative estimate of drug-likeness (QED) is 0.854. The van der Waals surface area contributed by atoms with E-state index in [0.29, 0.717) is 12.8 Å². The van der Waals surface area contributed by atoms with Crippen LogP contribution in [0.15, 0.2) is 29.6 Å². The number of nitrogens with one attached hydrogen (secondary N) is 1. The van der Waals surface area contributed by atoms with Gasteiger partial charge in [-0.1, -0.05) is 6.92 Å². The summed E-state index contributed by atoms with van der Waals surface area (Å²) in [6.45, 7) is 2.79. The first-order valence-corrected chi connectivity index (χ1v) is 7.96. The fourth-order valence-corrected chi connectivity index (χ4v) is 2.74. The third-order valence-electron chi connectivity index (χ3n) is 3.07. The lowest BCUT2D eigenvalue weighted by Crippen LogP contribution is -2.24. The van der Waals surface area contributed by atoms with Crippen molar-refractivity contribution < 1.29 is 9.53 Å². The van der Waals surface area contributed by atoms with E-state index >= 15 is 0 Å². The molecule has 2 rings (SSSR count). The number of ether oxygens (including phenoxy) is 1. The van der Waals surface area contributed by atoms with Crippen molar-refractivity contribution in [1.29, 1.82) is 0 Å². The van der Waals surface area contributed by atoms with Gasteiger partial charge in [0.15, 0.2) is 0 Å². The Hall–Kier alpha value is -1.88. The summed E-state index contributed by atoms with van der Waals surface area (Å²) < 4.78 is 5.15. The molecule has 112 valence electrons. The minimum atomic E-state index is 0.0934. The number of aryl methyl sites for hydroxylation is 1. The topological polar surface area (TPSA) is 51.2 Å². The largest absolute Gasteiger partial charge is 0.497 e. The van der Waals surface area contributed by atoms with Crippen molar-refractivity contribution in [2.75, 3.05) is 13.7 Å². The molecule has 1 N–H and O–H groups in total. The first kappa shape index (κ1) is 15.5. The highest BCUT2D eigenvalue weighted by Gasteiger charge is 2.07. The second-order valence-corrected chi connectivity index (χ2v) is 5.58. The zero-order valence-electron chi connectivity index (χ0n) is 12.4. The van der Waals surface area contributed by atoms with Crippen LogP contribution < -0.4 is 10.1 Å². The Labute approximate surface area is 129 Å². The van der Waals surface area contributed by atoms with Crippen LogP contribution in [0.4, 0.5) is 0 Å². The smallest absolute Gasteiger partial charge is 0.220 e. The molecule has 1 heterocycles.